The predicted molar refractivity (Wildman–Crippen MR) is 114 cm³/mol. The minimum absolute atomic E-state index is 0.135. The number of anilines is 2. The molecule has 0 aliphatic carbocycles. The van der Waals surface area contributed by atoms with Crippen LogP contribution in [0.4, 0.5) is 11.5 Å². The van der Waals surface area contributed by atoms with Crippen molar-refractivity contribution < 1.29 is 9.53 Å². The monoisotopic (exact) mass is 406 g/mol. The number of aromatic amines is 2. The largest absolute Gasteiger partial charge is 0.381 e. The van der Waals surface area contributed by atoms with E-state index >= 15 is 0 Å². The average molecular weight is 406 g/mol. The Bertz CT molecular complexity index is 1020. The number of fused-ring (bicyclic) bond motifs is 1. The van der Waals surface area contributed by atoms with Crippen LogP contribution < -0.4 is 5.32 Å². The molecule has 3 aromatic rings. The minimum Gasteiger partial charge on any atom is -0.381 e. The molecule has 2 aromatic heterocycles. The number of carbonyl (C=O) groups excluding carboxylic acids is 1. The van der Waals surface area contributed by atoms with Gasteiger partial charge in [0.15, 0.2) is 5.82 Å². The highest BCUT2D eigenvalue weighted by molar-refractivity contribution is 5.69. The van der Waals surface area contributed by atoms with E-state index in [-0.39, 0.29) is 6.04 Å². The van der Waals surface area contributed by atoms with Crippen molar-refractivity contribution >= 4 is 17.8 Å². The lowest BCUT2D eigenvalue weighted by atomic mass is 9.87. The SMILES string of the molecule is Cc1n[nH]cc1-c1ccc(Nc2n[nH]c3c2C(C2CCOC2)N(CC=O)CC3)cc1. The van der Waals surface area contributed by atoms with Crippen molar-refractivity contribution in [2.24, 2.45) is 5.92 Å². The third-order valence-electron chi connectivity index (χ3n) is 6.23. The zero-order valence-electron chi connectivity index (χ0n) is 17.0. The van der Waals surface area contributed by atoms with Gasteiger partial charge in [0, 0.05) is 60.2 Å². The number of hydrogen-bond acceptors (Lipinski definition) is 6. The summed E-state index contributed by atoms with van der Waals surface area (Å²) >= 11 is 0. The molecule has 3 N–H and O–H groups in total. The van der Waals surface area contributed by atoms with Crippen LogP contribution in [0.1, 0.15) is 29.4 Å². The van der Waals surface area contributed by atoms with Crippen LogP contribution in [-0.4, -0.2) is 57.9 Å². The topological polar surface area (TPSA) is 98.9 Å². The molecule has 2 atom stereocenters. The molecule has 2 aliphatic rings. The molecular weight excluding hydrogens is 380 g/mol. The quantitative estimate of drug-likeness (QED) is 0.545. The molecule has 0 radical (unpaired) electrons. The standard InChI is InChI=1S/C22H26N6O2/c1-14-18(12-23-25-14)15-2-4-17(5-3-15)24-22-20-19(26-27-22)6-8-28(9-10-29)21(20)16-7-11-30-13-16/h2-5,10,12,16,21H,6-9,11,13H2,1H3,(H,23,25)(H2,24,26,27). The van der Waals surface area contributed by atoms with E-state index in [2.05, 4.69) is 54.9 Å². The molecule has 1 saturated heterocycles. The first-order chi connectivity index (χ1) is 14.7. The van der Waals surface area contributed by atoms with Crippen LogP contribution in [0, 0.1) is 12.8 Å². The number of nitrogens with one attached hydrogen (secondary N) is 3. The molecule has 0 amide bonds. The number of aryl methyl sites for hydroxylation is 1. The first kappa shape index (κ1) is 19.0. The summed E-state index contributed by atoms with van der Waals surface area (Å²) < 4.78 is 5.67. The number of aldehydes is 1. The van der Waals surface area contributed by atoms with Gasteiger partial charge in [0.25, 0.3) is 0 Å². The van der Waals surface area contributed by atoms with Crippen LogP contribution in [0.25, 0.3) is 11.1 Å². The summed E-state index contributed by atoms with van der Waals surface area (Å²) in [7, 11) is 0. The van der Waals surface area contributed by atoms with Crippen LogP contribution in [0.15, 0.2) is 30.5 Å². The molecule has 0 bridgehead atoms. The third-order valence-corrected chi connectivity index (χ3v) is 6.23. The molecule has 1 fully saturated rings. The second-order valence-electron chi connectivity index (χ2n) is 8.03. The van der Waals surface area contributed by atoms with Gasteiger partial charge >= 0.3 is 0 Å². The zero-order chi connectivity index (χ0) is 20.5. The van der Waals surface area contributed by atoms with E-state index in [1.165, 1.54) is 5.56 Å². The van der Waals surface area contributed by atoms with E-state index in [0.29, 0.717) is 12.5 Å². The first-order valence-electron chi connectivity index (χ1n) is 10.4. The lowest BCUT2D eigenvalue weighted by Gasteiger charge is -2.37. The normalized spacial score (nSPS) is 21.5. The van der Waals surface area contributed by atoms with E-state index in [0.717, 1.165) is 72.9 Å². The fraction of sp³-hybridized carbons (Fsp3) is 0.409. The number of H-pyrrole nitrogens is 2. The number of rotatable bonds is 6. The summed E-state index contributed by atoms with van der Waals surface area (Å²) in [5.74, 6) is 1.21. The molecule has 2 unspecified atom stereocenters. The van der Waals surface area contributed by atoms with E-state index in [1.54, 1.807) is 0 Å². The van der Waals surface area contributed by atoms with Gasteiger partial charge in [-0.2, -0.15) is 10.2 Å². The van der Waals surface area contributed by atoms with Gasteiger partial charge in [0.05, 0.1) is 18.8 Å². The second-order valence-corrected chi connectivity index (χ2v) is 8.03. The Morgan fingerprint density at radius 3 is 2.87 bits per heavy atom. The van der Waals surface area contributed by atoms with Crippen molar-refractivity contribution in [3.63, 3.8) is 0 Å². The van der Waals surface area contributed by atoms with Gasteiger partial charge in [-0.05, 0) is 31.0 Å². The van der Waals surface area contributed by atoms with Gasteiger partial charge in [-0.1, -0.05) is 12.1 Å². The maximum absolute atomic E-state index is 11.3. The smallest absolute Gasteiger partial charge is 0.157 e. The molecule has 4 heterocycles. The molecule has 2 aliphatic heterocycles. The Labute approximate surface area is 175 Å². The van der Waals surface area contributed by atoms with Gasteiger partial charge in [0.2, 0.25) is 0 Å². The Balaban J connectivity index is 1.43. The maximum atomic E-state index is 11.3. The van der Waals surface area contributed by atoms with E-state index in [1.807, 2.05) is 13.1 Å². The van der Waals surface area contributed by atoms with Crippen LogP contribution >= 0.6 is 0 Å². The van der Waals surface area contributed by atoms with E-state index in [4.69, 9.17) is 4.74 Å². The average Bonchev–Trinajstić information content (AvgIpc) is 3.51. The first-order valence-corrected chi connectivity index (χ1v) is 10.4. The van der Waals surface area contributed by atoms with Crippen LogP contribution in [-0.2, 0) is 16.0 Å². The maximum Gasteiger partial charge on any atom is 0.157 e. The molecule has 30 heavy (non-hydrogen) atoms. The van der Waals surface area contributed by atoms with Gasteiger partial charge in [0.1, 0.15) is 6.29 Å². The molecule has 8 heteroatoms. The molecule has 0 spiro atoms. The number of benzene rings is 1. The predicted octanol–water partition coefficient (Wildman–Crippen LogP) is 2.99. The minimum atomic E-state index is 0.135. The van der Waals surface area contributed by atoms with E-state index < -0.39 is 0 Å². The van der Waals surface area contributed by atoms with Gasteiger partial charge in [-0.25, -0.2) is 0 Å². The zero-order valence-corrected chi connectivity index (χ0v) is 17.0. The summed E-state index contributed by atoms with van der Waals surface area (Å²) in [6.45, 7) is 4.78. The lowest BCUT2D eigenvalue weighted by molar-refractivity contribution is -0.109. The van der Waals surface area contributed by atoms with Gasteiger partial charge in [-0.15, -0.1) is 0 Å². The molecule has 0 saturated carbocycles. The fourth-order valence-electron chi connectivity index (χ4n) is 4.72. The highest BCUT2D eigenvalue weighted by Crippen LogP contribution is 2.42. The number of carbonyl (C=O) groups is 1. The van der Waals surface area contributed by atoms with Crippen molar-refractivity contribution in [3.05, 3.63) is 47.4 Å². The number of hydrogen-bond donors (Lipinski definition) is 3. The molecule has 8 nitrogen and oxygen atoms in total. The van der Waals surface area contributed by atoms with Crippen LogP contribution in [0.3, 0.4) is 0 Å². The van der Waals surface area contributed by atoms with Crippen molar-refractivity contribution in [2.45, 2.75) is 25.8 Å². The second kappa shape index (κ2) is 8.04. The molecule has 1 aromatic carbocycles. The number of ether oxygens (including phenoxy) is 1. The summed E-state index contributed by atoms with van der Waals surface area (Å²) in [4.78, 5) is 13.6. The molecular formula is C22H26N6O2. The Kier molecular flexibility index (Phi) is 5.10. The van der Waals surface area contributed by atoms with Gasteiger partial charge < -0.3 is 14.8 Å². The summed E-state index contributed by atoms with van der Waals surface area (Å²) in [6, 6.07) is 8.42. The van der Waals surface area contributed by atoms with Crippen molar-refractivity contribution in [2.75, 3.05) is 31.6 Å². The lowest BCUT2D eigenvalue weighted by Crippen LogP contribution is -2.40. The molecule has 5 rings (SSSR count). The van der Waals surface area contributed by atoms with Crippen molar-refractivity contribution in [1.29, 1.82) is 0 Å². The number of nitrogens with zero attached hydrogens (tertiary/aromatic N) is 3. The summed E-state index contributed by atoms with van der Waals surface area (Å²) in [5.41, 5.74) is 6.51. The Hall–Kier alpha value is -2.97. The highest BCUT2D eigenvalue weighted by atomic mass is 16.5. The van der Waals surface area contributed by atoms with Crippen molar-refractivity contribution in [1.82, 2.24) is 25.3 Å². The third kappa shape index (κ3) is 3.42. The van der Waals surface area contributed by atoms with E-state index in [9.17, 15) is 4.79 Å². The van der Waals surface area contributed by atoms with Crippen LogP contribution in [0.5, 0.6) is 0 Å². The Morgan fingerprint density at radius 2 is 2.17 bits per heavy atom. The highest BCUT2D eigenvalue weighted by Gasteiger charge is 2.38. The molecule has 156 valence electrons. The summed E-state index contributed by atoms with van der Waals surface area (Å²) in [6.07, 6.45) is 4.78. The Morgan fingerprint density at radius 1 is 1.30 bits per heavy atom. The number of aromatic nitrogens is 4. The summed E-state index contributed by atoms with van der Waals surface area (Å²) in [5, 5.41) is 18.4. The fourth-order valence-corrected chi connectivity index (χ4v) is 4.72. The van der Waals surface area contributed by atoms with Crippen molar-refractivity contribution in [3.8, 4) is 11.1 Å². The van der Waals surface area contributed by atoms with Crippen LogP contribution in [0.2, 0.25) is 0 Å². The van der Waals surface area contributed by atoms with Gasteiger partial charge in [-0.3, -0.25) is 15.1 Å².